The van der Waals surface area contributed by atoms with Crippen molar-refractivity contribution in [2.75, 3.05) is 6.54 Å². The van der Waals surface area contributed by atoms with E-state index in [2.05, 4.69) is 5.32 Å². The van der Waals surface area contributed by atoms with Gasteiger partial charge in [-0.2, -0.15) is 4.31 Å². The lowest BCUT2D eigenvalue weighted by atomic mass is 10.1. The molecule has 7 heteroatoms. The number of hydrogen-bond donors (Lipinski definition) is 1. The summed E-state index contributed by atoms with van der Waals surface area (Å²) in [6, 6.07) is 17.3. The molecule has 3 aromatic rings. The lowest BCUT2D eigenvalue weighted by Gasteiger charge is -2.21. The maximum Gasteiger partial charge on any atom is 0.251 e. The molecular weight excluding hydrogens is 388 g/mol. The van der Waals surface area contributed by atoms with Gasteiger partial charge in [0.1, 0.15) is 5.76 Å². The van der Waals surface area contributed by atoms with Crippen molar-refractivity contribution in [2.45, 2.75) is 31.8 Å². The molecule has 1 amide bonds. The van der Waals surface area contributed by atoms with Crippen molar-refractivity contribution < 1.29 is 17.6 Å². The number of carbonyl (C=O) groups excluding carboxylic acids is 1. The topological polar surface area (TPSA) is 79.6 Å². The van der Waals surface area contributed by atoms with Crippen molar-refractivity contribution in [3.63, 3.8) is 0 Å². The quantitative estimate of drug-likeness (QED) is 0.611. The lowest BCUT2D eigenvalue weighted by Crippen LogP contribution is -2.30. The molecule has 3 rings (SSSR count). The van der Waals surface area contributed by atoms with Crippen LogP contribution in [0.15, 0.2) is 76.2 Å². The minimum Gasteiger partial charge on any atom is -0.467 e. The number of aryl methyl sites for hydroxylation is 1. The number of furan rings is 1. The van der Waals surface area contributed by atoms with Crippen molar-refractivity contribution >= 4 is 15.9 Å². The van der Waals surface area contributed by atoms with Crippen LogP contribution in [0.2, 0.25) is 0 Å². The molecule has 0 radical (unpaired) electrons. The highest BCUT2D eigenvalue weighted by atomic mass is 32.2. The van der Waals surface area contributed by atoms with Gasteiger partial charge in [-0.15, -0.1) is 0 Å². The summed E-state index contributed by atoms with van der Waals surface area (Å²) in [5.41, 5.74) is 2.32. The molecule has 152 valence electrons. The van der Waals surface area contributed by atoms with Crippen molar-refractivity contribution in [1.29, 1.82) is 0 Å². The summed E-state index contributed by atoms with van der Waals surface area (Å²) < 4.78 is 32.4. The van der Waals surface area contributed by atoms with Crippen molar-refractivity contribution in [2.24, 2.45) is 0 Å². The third kappa shape index (κ3) is 5.13. The molecule has 29 heavy (non-hydrogen) atoms. The fourth-order valence-electron chi connectivity index (χ4n) is 2.87. The lowest BCUT2D eigenvalue weighted by molar-refractivity contribution is 0.0948. The van der Waals surface area contributed by atoms with Gasteiger partial charge < -0.3 is 9.73 Å². The molecule has 2 aromatic carbocycles. The molecule has 0 fully saturated rings. The first kappa shape index (κ1) is 20.8. The molecule has 0 aliphatic rings. The Bertz CT molecular complexity index is 1040. The Hall–Kier alpha value is -2.90. The first-order valence-electron chi connectivity index (χ1n) is 9.36. The third-order valence-corrected chi connectivity index (χ3v) is 6.52. The summed E-state index contributed by atoms with van der Waals surface area (Å²) in [6.07, 6.45) is 1.56. The van der Waals surface area contributed by atoms with Crippen LogP contribution in [0.1, 0.15) is 34.2 Å². The van der Waals surface area contributed by atoms with Crippen LogP contribution in [0.4, 0.5) is 0 Å². The second kappa shape index (κ2) is 9.07. The Labute approximate surface area is 171 Å². The molecule has 0 aliphatic carbocycles. The van der Waals surface area contributed by atoms with Crippen LogP contribution >= 0.6 is 0 Å². The zero-order chi connectivity index (χ0) is 20.9. The number of benzene rings is 2. The van der Waals surface area contributed by atoms with Crippen molar-refractivity contribution in [1.82, 2.24) is 9.62 Å². The molecular formula is C22H24N2O4S. The number of carbonyl (C=O) groups is 1. The van der Waals surface area contributed by atoms with Gasteiger partial charge in [-0.25, -0.2) is 8.42 Å². The summed E-state index contributed by atoms with van der Waals surface area (Å²) >= 11 is 0. The summed E-state index contributed by atoms with van der Waals surface area (Å²) in [7, 11) is -3.58. The van der Waals surface area contributed by atoms with Crippen LogP contribution < -0.4 is 5.32 Å². The summed E-state index contributed by atoms with van der Waals surface area (Å²) in [5, 5.41) is 2.78. The monoisotopic (exact) mass is 412 g/mol. The average Bonchev–Trinajstić information content (AvgIpc) is 3.24. The smallest absolute Gasteiger partial charge is 0.251 e. The minimum atomic E-state index is -3.58. The van der Waals surface area contributed by atoms with Crippen LogP contribution in [0, 0.1) is 6.92 Å². The first-order chi connectivity index (χ1) is 13.9. The molecule has 0 aliphatic heterocycles. The van der Waals surface area contributed by atoms with Gasteiger partial charge in [0.05, 0.1) is 17.7 Å². The molecule has 6 nitrogen and oxygen atoms in total. The maximum atomic E-state index is 12.9. The van der Waals surface area contributed by atoms with Gasteiger partial charge in [-0.05, 0) is 48.9 Å². The van der Waals surface area contributed by atoms with E-state index in [1.165, 1.54) is 4.31 Å². The van der Waals surface area contributed by atoms with E-state index in [0.29, 0.717) is 24.4 Å². The standard InChI is InChI=1S/C22H24N2O4S/c1-3-24(29(26,27)21-12-6-17(2)7-13-21)16-18-8-10-19(11-9-18)22(25)23-15-20-5-4-14-28-20/h4-14H,3,15-16H2,1-2H3,(H,23,25). The summed E-state index contributed by atoms with van der Waals surface area (Å²) in [4.78, 5) is 12.5. The Kier molecular flexibility index (Phi) is 6.51. The summed E-state index contributed by atoms with van der Waals surface area (Å²) in [6.45, 7) is 4.62. The number of rotatable bonds is 8. The maximum absolute atomic E-state index is 12.9. The largest absolute Gasteiger partial charge is 0.467 e. The highest BCUT2D eigenvalue weighted by Crippen LogP contribution is 2.19. The predicted octanol–water partition coefficient (Wildman–Crippen LogP) is 3.73. The second-order valence-corrected chi connectivity index (χ2v) is 8.64. The highest BCUT2D eigenvalue weighted by molar-refractivity contribution is 7.89. The van der Waals surface area contributed by atoms with E-state index in [0.717, 1.165) is 11.1 Å². The van der Waals surface area contributed by atoms with Crippen molar-refractivity contribution in [3.05, 3.63) is 89.4 Å². The van der Waals surface area contributed by atoms with Crippen LogP contribution in [-0.4, -0.2) is 25.2 Å². The summed E-state index contributed by atoms with van der Waals surface area (Å²) in [5.74, 6) is 0.461. The molecule has 0 unspecified atom stereocenters. The van der Waals surface area contributed by atoms with Gasteiger partial charge in [-0.3, -0.25) is 4.79 Å². The molecule has 0 saturated carbocycles. The van der Waals surface area contributed by atoms with E-state index in [1.807, 2.05) is 13.8 Å². The van der Waals surface area contributed by atoms with E-state index < -0.39 is 10.0 Å². The third-order valence-electron chi connectivity index (χ3n) is 4.59. The number of hydrogen-bond acceptors (Lipinski definition) is 4. The normalized spacial score (nSPS) is 11.6. The van der Waals surface area contributed by atoms with E-state index >= 15 is 0 Å². The highest BCUT2D eigenvalue weighted by Gasteiger charge is 2.23. The zero-order valence-electron chi connectivity index (χ0n) is 16.5. The Morgan fingerprint density at radius 1 is 1.03 bits per heavy atom. The molecule has 1 N–H and O–H groups in total. The second-order valence-electron chi connectivity index (χ2n) is 6.70. The molecule has 0 atom stereocenters. The number of nitrogens with one attached hydrogen (secondary N) is 1. The Balaban J connectivity index is 1.67. The van der Waals surface area contributed by atoms with Gasteiger partial charge in [-0.1, -0.05) is 36.8 Å². The van der Waals surface area contributed by atoms with Crippen LogP contribution in [0.3, 0.4) is 0 Å². The molecule has 1 heterocycles. The van der Waals surface area contributed by atoms with E-state index in [9.17, 15) is 13.2 Å². The minimum absolute atomic E-state index is 0.215. The van der Waals surface area contributed by atoms with Gasteiger partial charge in [0.2, 0.25) is 10.0 Å². The van der Waals surface area contributed by atoms with E-state index in [-0.39, 0.29) is 17.3 Å². The SMILES string of the molecule is CCN(Cc1ccc(C(=O)NCc2ccco2)cc1)S(=O)(=O)c1ccc(C)cc1. The van der Waals surface area contributed by atoms with Crippen molar-refractivity contribution in [3.8, 4) is 0 Å². The molecule has 0 spiro atoms. The first-order valence-corrected chi connectivity index (χ1v) is 10.8. The van der Waals surface area contributed by atoms with E-state index in [4.69, 9.17) is 4.42 Å². The average molecular weight is 413 g/mol. The van der Waals surface area contributed by atoms with E-state index in [1.54, 1.807) is 66.9 Å². The fourth-order valence-corrected chi connectivity index (χ4v) is 4.31. The number of sulfonamides is 1. The number of nitrogens with zero attached hydrogens (tertiary/aromatic N) is 1. The van der Waals surface area contributed by atoms with Crippen LogP contribution in [-0.2, 0) is 23.1 Å². The van der Waals surface area contributed by atoms with Gasteiger partial charge in [0.15, 0.2) is 0 Å². The van der Waals surface area contributed by atoms with Gasteiger partial charge in [0.25, 0.3) is 5.91 Å². The Morgan fingerprint density at radius 2 is 1.72 bits per heavy atom. The Morgan fingerprint density at radius 3 is 2.31 bits per heavy atom. The van der Waals surface area contributed by atoms with Gasteiger partial charge >= 0.3 is 0 Å². The number of amides is 1. The fraction of sp³-hybridized carbons (Fsp3) is 0.227. The molecule has 0 bridgehead atoms. The van der Waals surface area contributed by atoms with Crippen LogP contribution in [0.5, 0.6) is 0 Å². The predicted molar refractivity (Wildman–Crippen MR) is 111 cm³/mol. The van der Waals surface area contributed by atoms with Crippen LogP contribution in [0.25, 0.3) is 0 Å². The molecule has 1 aromatic heterocycles. The van der Waals surface area contributed by atoms with Gasteiger partial charge in [0, 0.05) is 18.7 Å². The molecule has 0 saturated heterocycles. The zero-order valence-corrected chi connectivity index (χ0v) is 17.3.